The number of nitrogens with two attached hydrogens (primary N) is 1. The van der Waals surface area contributed by atoms with Crippen LogP contribution in [0.5, 0.6) is 0 Å². The molecule has 0 heterocycles. The summed E-state index contributed by atoms with van der Waals surface area (Å²) in [7, 11) is 0. The Morgan fingerprint density at radius 1 is 1.42 bits per heavy atom. The van der Waals surface area contributed by atoms with Crippen molar-refractivity contribution in [2.45, 2.75) is 32.6 Å². The van der Waals surface area contributed by atoms with Crippen LogP contribution in [-0.4, -0.2) is 11.5 Å². The minimum atomic E-state index is 0.413. The molecule has 0 aliphatic heterocycles. The van der Waals surface area contributed by atoms with Crippen molar-refractivity contribution in [1.29, 1.82) is 0 Å². The van der Waals surface area contributed by atoms with Crippen molar-refractivity contribution in [3.05, 3.63) is 28.8 Å². The van der Waals surface area contributed by atoms with Crippen LogP contribution in [-0.2, 0) is 0 Å². The van der Waals surface area contributed by atoms with Crippen LogP contribution in [0, 0.1) is 11.8 Å². The van der Waals surface area contributed by atoms with Gasteiger partial charge in [0.25, 0.3) is 0 Å². The van der Waals surface area contributed by atoms with Gasteiger partial charge >= 0.3 is 0 Å². The van der Waals surface area contributed by atoms with Gasteiger partial charge in [-0.2, -0.15) is 0 Å². The summed E-state index contributed by atoms with van der Waals surface area (Å²) in [6, 6.07) is 5.62. The van der Waals surface area contributed by atoms with Crippen LogP contribution in [0.2, 0.25) is 5.02 Å². The lowest BCUT2D eigenvalue weighted by Crippen LogP contribution is -2.25. The Labute approximate surface area is 125 Å². The molecule has 1 aliphatic carbocycles. The van der Waals surface area contributed by atoms with Crippen molar-refractivity contribution in [2.75, 3.05) is 11.9 Å². The van der Waals surface area contributed by atoms with E-state index in [4.69, 9.17) is 29.6 Å². The molecule has 2 unspecified atom stereocenters. The Hall–Kier alpha value is -0.800. The summed E-state index contributed by atoms with van der Waals surface area (Å²) >= 11 is 11.1. The molecule has 1 aromatic carbocycles. The molecule has 0 amide bonds. The zero-order chi connectivity index (χ0) is 13.8. The van der Waals surface area contributed by atoms with Gasteiger partial charge in [0.15, 0.2) is 0 Å². The summed E-state index contributed by atoms with van der Waals surface area (Å²) in [5.41, 5.74) is 7.58. The van der Waals surface area contributed by atoms with Crippen LogP contribution >= 0.6 is 23.8 Å². The summed E-state index contributed by atoms with van der Waals surface area (Å²) in [4.78, 5) is 0.413. The molecule has 1 aliphatic rings. The highest BCUT2D eigenvalue weighted by molar-refractivity contribution is 7.80. The third-order valence-electron chi connectivity index (χ3n) is 4.09. The number of hydrogen-bond acceptors (Lipinski definition) is 2. The minimum absolute atomic E-state index is 0.413. The summed E-state index contributed by atoms with van der Waals surface area (Å²) in [5, 5.41) is 4.19. The maximum absolute atomic E-state index is 6.05. The monoisotopic (exact) mass is 296 g/mol. The van der Waals surface area contributed by atoms with Crippen LogP contribution < -0.4 is 11.1 Å². The Morgan fingerprint density at radius 2 is 2.16 bits per heavy atom. The molecule has 2 nitrogen and oxygen atoms in total. The molecule has 1 fully saturated rings. The first kappa shape index (κ1) is 14.6. The predicted molar refractivity (Wildman–Crippen MR) is 87.0 cm³/mol. The molecule has 4 heteroatoms. The Balaban J connectivity index is 2.05. The highest BCUT2D eigenvalue weighted by Gasteiger charge is 2.21. The molecule has 3 N–H and O–H groups in total. The molecule has 0 bridgehead atoms. The molecule has 19 heavy (non-hydrogen) atoms. The van der Waals surface area contributed by atoms with E-state index in [9.17, 15) is 0 Å². The SMILES string of the molecule is CC1CCCCC1CNc1cc(Cl)ccc1C(N)=S. The summed E-state index contributed by atoms with van der Waals surface area (Å²) in [5.74, 6) is 1.51. The van der Waals surface area contributed by atoms with Crippen molar-refractivity contribution in [3.8, 4) is 0 Å². The van der Waals surface area contributed by atoms with Gasteiger partial charge in [-0.25, -0.2) is 0 Å². The Bertz CT molecular complexity index is 461. The highest BCUT2D eigenvalue weighted by Crippen LogP contribution is 2.30. The van der Waals surface area contributed by atoms with Crippen molar-refractivity contribution >= 4 is 34.5 Å². The van der Waals surface area contributed by atoms with Gasteiger partial charge in [-0.05, 0) is 36.5 Å². The maximum atomic E-state index is 6.05. The van der Waals surface area contributed by atoms with Crippen molar-refractivity contribution < 1.29 is 0 Å². The number of thiocarbonyl (C=S) groups is 1. The van der Waals surface area contributed by atoms with E-state index in [0.717, 1.165) is 29.6 Å². The summed E-state index contributed by atoms with van der Waals surface area (Å²) in [6.45, 7) is 3.31. The zero-order valence-electron chi connectivity index (χ0n) is 11.3. The first-order valence-corrected chi connectivity index (χ1v) is 7.70. The molecular formula is C15H21ClN2S. The van der Waals surface area contributed by atoms with E-state index in [1.54, 1.807) is 0 Å². The molecule has 2 atom stereocenters. The molecular weight excluding hydrogens is 276 g/mol. The molecule has 0 saturated heterocycles. The van der Waals surface area contributed by atoms with Gasteiger partial charge in [-0.15, -0.1) is 0 Å². The van der Waals surface area contributed by atoms with Gasteiger partial charge in [-0.3, -0.25) is 0 Å². The first-order chi connectivity index (χ1) is 9.08. The van der Waals surface area contributed by atoms with Crippen LogP contribution in [0.3, 0.4) is 0 Å². The standard InChI is InChI=1S/C15H21ClN2S/c1-10-4-2-3-5-11(10)9-18-14-8-12(16)6-7-13(14)15(17)19/h6-8,10-11,18H,2-5,9H2,1H3,(H2,17,19). The second-order valence-corrected chi connectivity index (χ2v) is 6.33. The number of nitrogens with one attached hydrogen (secondary N) is 1. The van der Waals surface area contributed by atoms with Crippen LogP contribution in [0.15, 0.2) is 18.2 Å². The fourth-order valence-corrected chi connectivity index (χ4v) is 3.17. The molecule has 0 aromatic heterocycles. The fraction of sp³-hybridized carbons (Fsp3) is 0.533. The average Bonchev–Trinajstić information content (AvgIpc) is 2.37. The normalized spacial score (nSPS) is 23.1. The molecule has 1 saturated carbocycles. The van der Waals surface area contributed by atoms with E-state index < -0.39 is 0 Å². The lowest BCUT2D eigenvalue weighted by molar-refractivity contribution is 0.268. The summed E-state index contributed by atoms with van der Waals surface area (Å²) < 4.78 is 0. The van der Waals surface area contributed by atoms with Crippen molar-refractivity contribution in [1.82, 2.24) is 0 Å². The Morgan fingerprint density at radius 3 is 2.84 bits per heavy atom. The topological polar surface area (TPSA) is 38.0 Å². The number of rotatable bonds is 4. The van der Waals surface area contributed by atoms with E-state index in [1.807, 2.05) is 18.2 Å². The second-order valence-electron chi connectivity index (χ2n) is 5.46. The quantitative estimate of drug-likeness (QED) is 0.817. The first-order valence-electron chi connectivity index (χ1n) is 6.91. The highest BCUT2D eigenvalue weighted by atomic mass is 35.5. The summed E-state index contributed by atoms with van der Waals surface area (Å²) in [6.07, 6.45) is 5.35. The lowest BCUT2D eigenvalue weighted by atomic mass is 9.80. The van der Waals surface area contributed by atoms with Crippen LogP contribution in [0.4, 0.5) is 5.69 Å². The Kier molecular flexibility index (Phi) is 5.06. The third kappa shape index (κ3) is 3.83. The van der Waals surface area contributed by atoms with Crippen LogP contribution in [0.1, 0.15) is 38.2 Å². The van der Waals surface area contributed by atoms with Crippen LogP contribution in [0.25, 0.3) is 0 Å². The van der Waals surface area contributed by atoms with Gasteiger partial charge in [0.2, 0.25) is 0 Å². The zero-order valence-corrected chi connectivity index (χ0v) is 12.9. The molecule has 0 spiro atoms. The van der Waals surface area contributed by atoms with Gasteiger partial charge in [0.05, 0.1) is 0 Å². The third-order valence-corrected chi connectivity index (χ3v) is 4.55. The maximum Gasteiger partial charge on any atom is 0.106 e. The number of hydrogen-bond donors (Lipinski definition) is 2. The molecule has 104 valence electrons. The molecule has 0 radical (unpaired) electrons. The fourth-order valence-electron chi connectivity index (χ4n) is 2.81. The van der Waals surface area contributed by atoms with Gasteiger partial charge in [0.1, 0.15) is 4.99 Å². The number of benzene rings is 1. The second kappa shape index (κ2) is 6.58. The van der Waals surface area contributed by atoms with E-state index in [0.29, 0.717) is 10.0 Å². The number of anilines is 1. The van der Waals surface area contributed by atoms with E-state index in [-0.39, 0.29) is 0 Å². The lowest BCUT2D eigenvalue weighted by Gasteiger charge is -2.29. The van der Waals surface area contributed by atoms with E-state index in [2.05, 4.69) is 12.2 Å². The number of halogens is 1. The largest absolute Gasteiger partial charge is 0.389 e. The molecule has 1 aromatic rings. The van der Waals surface area contributed by atoms with Crippen molar-refractivity contribution in [2.24, 2.45) is 17.6 Å². The predicted octanol–water partition coefficient (Wildman–Crippen LogP) is 4.21. The minimum Gasteiger partial charge on any atom is -0.389 e. The van der Waals surface area contributed by atoms with Gasteiger partial charge < -0.3 is 11.1 Å². The smallest absolute Gasteiger partial charge is 0.106 e. The van der Waals surface area contributed by atoms with E-state index >= 15 is 0 Å². The van der Waals surface area contributed by atoms with E-state index in [1.165, 1.54) is 25.7 Å². The van der Waals surface area contributed by atoms with Gasteiger partial charge in [-0.1, -0.05) is 50.0 Å². The van der Waals surface area contributed by atoms with Crippen molar-refractivity contribution in [3.63, 3.8) is 0 Å². The molecule has 2 rings (SSSR count). The average molecular weight is 297 g/mol. The van der Waals surface area contributed by atoms with Gasteiger partial charge in [0, 0.05) is 22.8 Å².